The molecule has 2 unspecified atom stereocenters. The van der Waals surface area contributed by atoms with Gasteiger partial charge in [-0.05, 0) is 24.5 Å². The van der Waals surface area contributed by atoms with E-state index in [1.54, 1.807) is 6.20 Å². The molecular formula is C18H20N4O2. The van der Waals surface area contributed by atoms with Crippen LogP contribution in [0.5, 0.6) is 0 Å². The Balaban J connectivity index is 1.56. The maximum absolute atomic E-state index is 13.1. The number of piperidine rings is 1. The first-order valence-corrected chi connectivity index (χ1v) is 8.37. The van der Waals surface area contributed by atoms with Crippen LogP contribution in [0.15, 0.2) is 43.0 Å². The van der Waals surface area contributed by atoms with Crippen molar-refractivity contribution in [3.8, 4) is 0 Å². The van der Waals surface area contributed by atoms with Gasteiger partial charge in [-0.25, -0.2) is 4.98 Å². The molecule has 2 aliphatic rings. The van der Waals surface area contributed by atoms with Crippen molar-refractivity contribution < 1.29 is 9.59 Å². The first-order valence-electron chi connectivity index (χ1n) is 8.37. The van der Waals surface area contributed by atoms with E-state index in [0.29, 0.717) is 6.54 Å². The molecular weight excluding hydrogens is 304 g/mol. The highest BCUT2D eigenvalue weighted by Crippen LogP contribution is 2.34. The Kier molecular flexibility index (Phi) is 3.80. The van der Waals surface area contributed by atoms with Gasteiger partial charge in [0.25, 0.3) is 0 Å². The predicted molar refractivity (Wildman–Crippen MR) is 89.5 cm³/mol. The lowest BCUT2D eigenvalue weighted by Crippen LogP contribution is -2.44. The number of carbonyl (C=O) groups is 2. The van der Waals surface area contributed by atoms with Gasteiger partial charge in [-0.2, -0.15) is 0 Å². The summed E-state index contributed by atoms with van der Waals surface area (Å²) in [5.74, 6) is -0.408. The largest absolute Gasteiger partial charge is 0.340 e. The predicted octanol–water partition coefficient (Wildman–Crippen LogP) is 2.17. The number of imidazole rings is 1. The fourth-order valence-electron chi connectivity index (χ4n) is 3.74. The Hall–Kier alpha value is -2.63. The molecule has 2 amide bonds. The van der Waals surface area contributed by atoms with E-state index >= 15 is 0 Å². The number of para-hydroxylation sites is 1. The lowest BCUT2D eigenvalue weighted by molar-refractivity contribution is -0.136. The Morgan fingerprint density at radius 1 is 1.29 bits per heavy atom. The van der Waals surface area contributed by atoms with Gasteiger partial charge >= 0.3 is 0 Å². The quantitative estimate of drug-likeness (QED) is 0.920. The number of likely N-dealkylation sites (tertiary alicyclic amines) is 1. The summed E-state index contributed by atoms with van der Waals surface area (Å²) in [5.41, 5.74) is 1.68. The summed E-state index contributed by atoms with van der Waals surface area (Å²) in [4.78, 5) is 31.1. The summed E-state index contributed by atoms with van der Waals surface area (Å²) in [6.07, 6.45) is 7.76. The molecule has 3 heterocycles. The maximum atomic E-state index is 13.1. The number of anilines is 1. The van der Waals surface area contributed by atoms with Gasteiger partial charge in [-0.15, -0.1) is 0 Å². The monoisotopic (exact) mass is 324 g/mol. The molecule has 0 bridgehead atoms. The van der Waals surface area contributed by atoms with Crippen molar-refractivity contribution in [3.05, 3.63) is 48.5 Å². The van der Waals surface area contributed by atoms with Crippen molar-refractivity contribution >= 4 is 17.5 Å². The molecule has 124 valence electrons. The molecule has 1 aromatic heterocycles. The zero-order valence-corrected chi connectivity index (χ0v) is 13.4. The van der Waals surface area contributed by atoms with Crippen molar-refractivity contribution in [1.29, 1.82) is 0 Å². The molecule has 2 atom stereocenters. The van der Waals surface area contributed by atoms with E-state index < -0.39 is 0 Å². The van der Waals surface area contributed by atoms with E-state index in [4.69, 9.17) is 0 Å². The van der Waals surface area contributed by atoms with Crippen LogP contribution in [0.1, 0.15) is 36.8 Å². The van der Waals surface area contributed by atoms with E-state index in [-0.39, 0.29) is 30.2 Å². The van der Waals surface area contributed by atoms with Crippen LogP contribution in [0.25, 0.3) is 0 Å². The minimum atomic E-state index is -0.378. The number of fused-ring (bicyclic) bond motifs is 1. The van der Waals surface area contributed by atoms with Crippen LogP contribution in [-0.2, 0) is 9.59 Å². The molecule has 1 saturated heterocycles. The number of hydrogen-bond acceptors (Lipinski definition) is 3. The second-order valence-corrected chi connectivity index (χ2v) is 6.48. The summed E-state index contributed by atoms with van der Waals surface area (Å²) in [6, 6.07) is 7.85. The molecule has 0 spiro atoms. The van der Waals surface area contributed by atoms with Gasteiger partial charge in [0.1, 0.15) is 0 Å². The minimum absolute atomic E-state index is 0.0575. The second kappa shape index (κ2) is 6.11. The van der Waals surface area contributed by atoms with Crippen LogP contribution in [0.2, 0.25) is 0 Å². The van der Waals surface area contributed by atoms with E-state index in [1.165, 1.54) is 0 Å². The van der Waals surface area contributed by atoms with Crippen LogP contribution in [0.3, 0.4) is 0 Å². The molecule has 6 nitrogen and oxygen atoms in total. The van der Waals surface area contributed by atoms with Gasteiger partial charge in [0.15, 0.2) is 0 Å². The maximum Gasteiger partial charge on any atom is 0.230 e. The number of nitrogens with one attached hydrogen (secondary N) is 1. The third kappa shape index (κ3) is 2.68. The van der Waals surface area contributed by atoms with E-state index in [1.807, 2.05) is 41.7 Å². The highest BCUT2D eigenvalue weighted by molar-refractivity contribution is 6.01. The molecule has 1 fully saturated rings. The van der Waals surface area contributed by atoms with Crippen LogP contribution >= 0.6 is 0 Å². The van der Waals surface area contributed by atoms with Gasteiger partial charge in [-0.3, -0.25) is 9.59 Å². The Labute approximate surface area is 140 Å². The Morgan fingerprint density at radius 2 is 2.17 bits per heavy atom. The molecule has 0 saturated carbocycles. The van der Waals surface area contributed by atoms with Crippen molar-refractivity contribution in [3.63, 3.8) is 0 Å². The SMILES string of the molecule is O=C1CC(C(=O)N2CCCC(n3ccnc3)C2)c2ccccc2N1. The molecule has 6 heteroatoms. The highest BCUT2D eigenvalue weighted by Gasteiger charge is 2.35. The van der Waals surface area contributed by atoms with Gasteiger partial charge < -0.3 is 14.8 Å². The lowest BCUT2D eigenvalue weighted by atomic mass is 9.88. The summed E-state index contributed by atoms with van der Waals surface area (Å²) in [5, 5.41) is 2.86. The van der Waals surface area contributed by atoms with Gasteiger partial charge in [0, 0.05) is 37.6 Å². The van der Waals surface area contributed by atoms with Crippen molar-refractivity contribution in [1.82, 2.24) is 14.5 Å². The third-order valence-electron chi connectivity index (χ3n) is 4.95. The molecule has 0 radical (unpaired) electrons. The standard InChI is InChI=1S/C18H20N4O2/c23-17-10-15(14-5-1-2-6-16(14)20-17)18(24)21-8-3-4-13(11-21)22-9-7-19-12-22/h1-2,5-7,9,12-13,15H,3-4,8,10-11H2,(H,20,23). The Bertz CT molecular complexity index is 756. The molecule has 2 aromatic rings. The zero-order chi connectivity index (χ0) is 16.5. The molecule has 24 heavy (non-hydrogen) atoms. The fraction of sp³-hybridized carbons (Fsp3) is 0.389. The Morgan fingerprint density at radius 3 is 3.00 bits per heavy atom. The zero-order valence-electron chi connectivity index (χ0n) is 13.4. The lowest BCUT2D eigenvalue weighted by Gasteiger charge is -2.36. The third-order valence-corrected chi connectivity index (χ3v) is 4.95. The van der Waals surface area contributed by atoms with Gasteiger partial charge in [0.05, 0.1) is 18.3 Å². The van der Waals surface area contributed by atoms with E-state index in [0.717, 1.165) is 30.6 Å². The van der Waals surface area contributed by atoms with Crippen LogP contribution in [0, 0.1) is 0 Å². The summed E-state index contributed by atoms with van der Waals surface area (Å²) in [6.45, 7) is 1.43. The summed E-state index contributed by atoms with van der Waals surface area (Å²) >= 11 is 0. The summed E-state index contributed by atoms with van der Waals surface area (Å²) < 4.78 is 2.07. The minimum Gasteiger partial charge on any atom is -0.340 e. The normalized spacial score (nSPS) is 23.5. The number of aromatic nitrogens is 2. The highest BCUT2D eigenvalue weighted by atomic mass is 16.2. The molecule has 2 aliphatic heterocycles. The van der Waals surface area contributed by atoms with Crippen LogP contribution in [0.4, 0.5) is 5.69 Å². The summed E-state index contributed by atoms with van der Waals surface area (Å²) in [7, 11) is 0. The number of carbonyl (C=O) groups excluding carboxylic acids is 2. The molecule has 1 N–H and O–H groups in total. The van der Waals surface area contributed by atoms with Gasteiger partial charge in [-0.1, -0.05) is 18.2 Å². The first kappa shape index (κ1) is 14.9. The van der Waals surface area contributed by atoms with Crippen molar-refractivity contribution in [2.45, 2.75) is 31.2 Å². The second-order valence-electron chi connectivity index (χ2n) is 6.48. The van der Waals surface area contributed by atoms with Crippen LogP contribution < -0.4 is 5.32 Å². The average molecular weight is 324 g/mol. The van der Waals surface area contributed by atoms with Gasteiger partial charge in [0.2, 0.25) is 11.8 Å². The fourth-order valence-corrected chi connectivity index (χ4v) is 3.74. The first-order chi connectivity index (χ1) is 11.7. The number of benzene rings is 1. The number of hydrogen-bond donors (Lipinski definition) is 1. The van der Waals surface area contributed by atoms with Crippen molar-refractivity contribution in [2.75, 3.05) is 18.4 Å². The topological polar surface area (TPSA) is 67.2 Å². The van der Waals surface area contributed by atoms with E-state index in [9.17, 15) is 9.59 Å². The van der Waals surface area contributed by atoms with Crippen LogP contribution in [-0.4, -0.2) is 39.4 Å². The van der Waals surface area contributed by atoms with Crippen molar-refractivity contribution in [2.24, 2.45) is 0 Å². The molecule has 0 aliphatic carbocycles. The smallest absolute Gasteiger partial charge is 0.230 e. The molecule has 4 rings (SSSR count). The van der Waals surface area contributed by atoms with E-state index in [2.05, 4.69) is 14.9 Å². The average Bonchev–Trinajstić information content (AvgIpc) is 3.15. The number of rotatable bonds is 2. The number of nitrogens with zero attached hydrogens (tertiary/aromatic N) is 3. The number of amides is 2. The molecule has 1 aromatic carbocycles.